The highest BCUT2D eigenvalue weighted by atomic mass is 16.5. The molecule has 4 heteroatoms. The summed E-state index contributed by atoms with van der Waals surface area (Å²) < 4.78 is 5.44. The van der Waals surface area contributed by atoms with E-state index in [0.717, 1.165) is 22.6 Å². The summed E-state index contributed by atoms with van der Waals surface area (Å²) in [7, 11) is 1.70. The van der Waals surface area contributed by atoms with Crippen LogP contribution in [-0.4, -0.2) is 17.1 Å². The number of rotatable bonds is 3. The van der Waals surface area contributed by atoms with Crippen molar-refractivity contribution >= 4 is 5.95 Å². The summed E-state index contributed by atoms with van der Waals surface area (Å²) in [6.07, 6.45) is 1.68. The molecular weight excluding hydrogens is 238 g/mol. The molecule has 0 fully saturated rings. The van der Waals surface area contributed by atoms with E-state index in [0.29, 0.717) is 11.9 Å². The van der Waals surface area contributed by atoms with Crippen LogP contribution in [0, 0.1) is 6.92 Å². The van der Waals surface area contributed by atoms with Gasteiger partial charge in [0.25, 0.3) is 0 Å². The van der Waals surface area contributed by atoms with Gasteiger partial charge in [0, 0.05) is 11.8 Å². The van der Waals surface area contributed by atoms with Crippen LogP contribution in [0.4, 0.5) is 5.95 Å². The number of nitrogen functional groups attached to an aromatic ring is 1. The van der Waals surface area contributed by atoms with Crippen LogP contribution in [0.15, 0.2) is 24.4 Å². The van der Waals surface area contributed by atoms with Gasteiger partial charge in [-0.1, -0.05) is 13.8 Å². The number of hydrogen-bond donors (Lipinski definition) is 1. The number of aryl methyl sites for hydroxylation is 1. The van der Waals surface area contributed by atoms with Crippen LogP contribution in [0.5, 0.6) is 5.75 Å². The van der Waals surface area contributed by atoms with E-state index < -0.39 is 0 Å². The van der Waals surface area contributed by atoms with E-state index in [1.54, 1.807) is 13.3 Å². The Morgan fingerprint density at radius 2 is 2.00 bits per heavy atom. The molecule has 0 aliphatic heterocycles. The van der Waals surface area contributed by atoms with Crippen molar-refractivity contribution in [2.75, 3.05) is 12.8 Å². The molecule has 100 valence electrons. The summed E-state index contributed by atoms with van der Waals surface area (Å²) in [5.74, 6) is 1.59. The molecule has 2 aromatic rings. The minimum Gasteiger partial charge on any atom is -0.496 e. The lowest BCUT2D eigenvalue weighted by Gasteiger charge is -2.16. The van der Waals surface area contributed by atoms with Gasteiger partial charge in [0.2, 0.25) is 5.95 Å². The van der Waals surface area contributed by atoms with Gasteiger partial charge >= 0.3 is 0 Å². The van der Waals surface area contributed by atoms with Gasteiger partial charge in [-0.25, -0.2) is 9.97 Å². The van der Waals surface area contributed by atoms with Crippen molar-refractivity contribution in [1.82, 2.24) is 9.97 Å². The first-order valence-electron chi connectivity index (χ1n) is 6.30. The number of methoxy groups -OCH3 is 1. The van der Waals surface area contributed by atoms with Gasteiger partial charge < -0.3 is 10.5 Å². The number of aromatic nitrogens is 2. The summed E-state index contributed by atoms with van der Waals surface area (Å²) in [5.41, 5.74) is 9.84. The zero-order valence-electron chi connectivity index (χ0n) is 11.8. The van der Waals surface area contributed by atoms with Gasteiger partial charge in [0.1, 0.15) is 5.75 Å². The molecule has 0 bridgehead atoms. The zero-order valence-corrected chi connectivity index (χ0v) is 11.8. The van der Waals surface area contributed by atoms with E-state index >= 15 is 0 Å². The number of benzene rings is 1. The molecule has 0 spiro atoms. The van der Waals surface area contributed by atoms with Crippen LogP contribution in [0.25, 0.3) is 11.3 Å². The van der Waals surface area contributed by atoms with Crippen molar-refractivity contribution in [1.29, 1.82) is 0 Å². The maximum Gasteiger partial charge on any atom is 0.220 e. The van der Waals surface area contributed by atoms with Gasteiger partial charge in [-0.3, -0.25) is 0 Å². The summed E-state index contributed by atoms with van der Waals surface area (Å²) in [5, 5.41) is 0. The fourth-order valence-electron chi connectivity index (χ4n) is 2.13. The highest BCUT2D eigenvalue weighted by Crippen LogP contribution is 2.33. The lowest BCUT2D eigenvalue weighted by molar-refractivity contribution is 0.407. The highest BCUT2D eigenvalue weighted by Gasteiger charge is 2.13. The lowest BCUT2D eigenvalue weighted by Crippen LogP contribution is -1.99. The van der Waals surface area contributed by atoms with Crippen LogP contribution in [0.3, 0.4) is 0 Å². The zero-order chi connectivity index (χ0) is 14.0. The van der Waals surface area contributed by atoms with E-state index in [1.165, 1.54) is 5.56 Å². The van der Waals surface area contributed by atoms with Gasteiger partial charge in [0.05, 0.1) is 12.8 Å². The van der Waals surface area contributed by atoms with Crippen LogP contribution in [-0.2, 0) is 0 Å². The topological polar surface area (TPSA) is 61.0 Å². The normalized spacial score (nSPS) is 10.8. The minimum absolute atomic E-state index is 0.291. The molecular formula is C15H19N3O. The Morgan fingerprint density at radius 1 is 1.26 bits per heavy atom. The van der Waals surface area contributed by atoms with Crippen molar-refractivity contribution in [3.8, 4) is 17.0 Å². The van der Waals surface area contributed by atoms with Crippen LogP contribution in [0.2, 0.25) is 0 Å². The molecule has 0 saturated carbocycles. The number of nitrogens with two attached hydrogens (primary N) is 1. The quantitative estimate of drug-likeness (QED) is 0.917. The molecule has 19 heavy (non-hydrogen) atoms. The van der Waals surface area contributed by atoms with E-state index in [2.05, 4.69) is 29.9 Å². The number of nitrogens with zero attached hydrogens (tertiary/aromatic N) is 2. The molecule has 0 aliphatic rings. The Balaban J connectivity index is 2.61. The third kappa shape index (κ3) is 2.67. The second kappa shape index (κ2) is 5.26. The summed E-state index contributed by atoms with van der Waals surface area (Å²) in [6.45, 7) is 6.33. The largest absolute Gasteiger partial charge is 0.496 e. The molecule has 2 N–H and O–H groups in total. The monoisotopic (exact) mass is 257 g/mol. The molecule has 0 saturated heterocycles. The first kappa shape index (κ1) is 13.3. The van der Waals surface area contributed by atoms with E-state index in [-0.39, 0.29) is 0 Å². The van der Waals surface area contributed by atoms with Crippen LogP contribution in [0.1, 0.15) is 30.9 Å². The Bertz CT molecular complexity index is 594. The standard InChI is InChI=1S/C15H19N3O/c1-9(2)11-8-12(10(3)7-14(11)19-4)13-5-6-17-15(16)18-13/h5-9H,1-4H3,(H2,16,17,18). The number of hydrogen-bond acceptors (Lipinski definition) is 4. The molecule has 1 aromatic heterocycles. The van der Waals surface area contributed by atoms with Gasteiger partial charge in [0.15, 0.2) is 0 Å². The molecule has 2 rings (SSSR count). The molecule has 4 nitrogen and oxygen atoms in total. The van der Waals surface area contributed by atoms with Crippen molar-refractivity contribution in [3.63, 3.8) is 0 Å². The lowest BCUT2D eigenvalue weighted by atomic mass is 9.95. The van der Waals surface area contributed by atoms with Crippen molar-refractivity contribution < 1.29 is 4.74 Å². The third-order valence-electron chi connectivity index (χ3n) is 3.15. The smallest absolute Gasteiger partial charge is 0.220 e. The average molecular weight is 257 g/mol. The SMILES string of the molecule is COc1cc(C)c(-c2ccnc(N)n2)cc1C(C)C. The van der Waals surface area contributed by atoms with Crippen molar-refractivity contribution in [2.45, 2.75) is 26.7 Å². The molecule has 1 heterocycles. The Hall–Kier alpha value is -2.10. The fraction of sp³-hybridized carbons (Fsp3) is 0.333. The van der Waals surface area contributed by atoms with Gasteiger partial charge in [-0.2, -0.15) is 0 Å². The molecule has 0 unspecified atom stereocenters. The van der Waals surface area contributed by atoms with Gasteiger partial charge in [-0.05, 0) is 42.2 Å². The van der Waals surface area contributed by atoms with E-state index in [4.69, 9.17) is 10.5 Å². The first-order valence-corrected chi connectivity index (χ1v) is 6.30. The minimum atomic E-state index is 0.291. The maximum absolute atomic E-state index is 5.65. The third-order valence-corrected chi connectivity index (χ3v) is 3.15. The second-order valence-electron chi connectivity index (χ2n) is 4.86. The average Bonchev–Trinajstić information content (AvgIpc) is 2.37. The van der Waals surface area contributed by atoms with Crippen molar-refractivity contribution in [2.24, 2.45) is 0 Å². The molecule has 0 radical (unpaired) electrons. The predicted molar refractivity (Wildman–Crippen MR) is 77.3 cm³/mol. The molecule has 0 amide bonds. The summed E-state index contributed by atoms with van der Waals surface area (Å²) in [6, 6.07) is 6.04. The second-order valence-corrected chi connectivity index (χ2v) is 4.86. The summed E-state index contributed by atoms with van der Waals surface area (Å²) in [4.78, 5) is 8.21. The highest BCUT2D eigenvalue weighted by molar-refractivity contribution is 5.67. The van der Waals surface area contributed by atoms with Crippen LogP contribution >= 0.6 is 0 Å². The fourth-order valence-corrected chi connectivity index (χ4v) is 2.13. The van der Waals surface area contributed by atoms with Crippen molar-refractivity contribution in [3.05, 3.63) is 35.5 Å². The molecule has 0 aliphatic carbocycles. The van der Waals surface area contributed by atoms with E-state index in [1.807, 2.05) is 19.1 Å². The molecule has 1 aromatic carbocycles. The Kier molecular flexibility index (Phi) is 3.69. The number of anilines is 1. The Morgan fingerprint density at radius 3 is 2.58 bits per heavy atom. The molecule has 0 atom stereocenters. The first-order chi connectivity index (χ1) is 9.02. The summed E-state index contributed by atoms with van der Waals surface area (Å²) >= 11 is 0. The van der Waals surface area contributed by atoms with Crippen LogP contribution < -0.4 is 10.5 Å². The predicted octanol–water partition coefficient (Wildman–Crippen LogP) is 3.17. The van der Waals surface area contributed by atoms with Gasteiger partial charge in [-0.15, -0.1) is 0 Å². The Labute approximate surface area is 113 Å². The number of ether oxygens (including phenoxy) is 1. The van der Waals surface area contributed by atoms with E-state index in [9.17, 15) is 0 Å². The maximum atomic E-state index is 5.65.